The molecule has 5 heteroatoms. The summed E-state index contributed by atoms with van der Waals surface area (Å²) < 4.78 is 12.9. The number of nitrogens with two attached hydrogens (primary N) is 1. The van der Waals surface area contributed by atoms with Crippen LogP contribution in [0.2, 0.25) is 5.02 Å². The van der Waals surface area contributed by atoms with E-state index in [1.807, 2.05) is 6.92 Å². The highest BCUT2D eigenvalue weighted by Gasteiger charge is 2.10. The topological polar surface area (TPSA) is 54.7 Å². The second-order valence-corrected chi connectivity index (χ2v) is 3.65. The number of rotatable bonds is 1. The lowest BCUT2D eigenvalue weighted by atomic mass is 10.1. The number of aryl methyl sites for hydroxylation is 1. The highest BCUT2D eigenvalue weighted by atomic mass is 35.5. The summed E-state index contributed by atoms with van der Waals surface area (Å²) in [5.41, 5.74) is 8.42. The van der Waals surface area contributed by atoms with Crippen LogP contribution in [-0.4, -0.2) is 10.2 Å². The van der Waals surface area contributed by atoms with Crippen LogP contribution in [0.5, 0.6) is 0 Å². The standard InChI is InChI=1S/C10H9ClFN3/c1-5-9(13)10(15-14-5)6-2-3-8(12)7(11)4-6/h2-4H,13H2,1H3,(H,14,15). The molecule has 0 unspecified atom stereocenters. The molecule has 0 radical (unpaired) electrons. The Hall–Kier alpha value is -1.55. The minimum atomic E-state index is -0.453. The second-order valence-electron chi connectivity index (χ2n) is 3.24. The number of nitrogens with one attached hydrogen (secondary N) is 1. The van der Waals surface area contributed by atoms with E-state index in [4.69, 9.17) is 17.3 Å². The summed E-state index contributed by atoms with van der Waals surface area (Å²) in [5, 5.41) is 6.85. The first kappa shape index (κ1) is 9.98. The maximum Gasteiger partial charge on any atom is 0.141 e. The van der Waals surface area contributed by atoms with Crippen LogP contribution in [0.25, 0.3) is 11.3 Å². The lowest BCUT2D eigenvalue weighted by molar-refractivity contribution is 0.628. The third-order valence-corrected chi connectivity index (χ3v) is 2.48. The number of hydrogen-bond acceptors (Lipinski definition) is 2. The van der Waals surface area contributed by atoms with Gasteiger partial charge in [0.25, 0.3) is 0 Å². The van der Waals surface area contributed by atoms with Crippen LogP contribution < -0.4 is 5.73 Å². The summed E-state index contributed by atoms with van der Waals surface area (Å²) in [6.45, 7) is 1.82. The van der Waals surface area contributed by atoms with Gasteiger partial charge in [0.05, 0.1) is 16.4 Å². The number of hydrogen-bond donors (Lipinski definition) is 2. The van der Waals surface area contributed by atoms with E-state index in [1.54, 1.807) is 6.07 Å². The zero-order chi connectivity index (χ0) is 11.0. The molecule has 3 N–H and O–H groups in total. The second kappa shape index (κ2) is 3.55. The molecule has 0 saturated carbocycles. The van der Waals surface area contributed by atoms with Gasteiger partial charge in [0.1, 0.15) is 11.5 Å². The molecule has 0 fully saturated rings. The molecule has 1 heterocycles. The number of benzene rings is 1. The summed E-state index contributed by atoms with van der Waals surface area (Å²) in [4.78, 5) is 0. The molecule has 1 aromatic carbocycles. The van der Waals surface area contributed by atoms with Crippen LogP contribution in [0.15, 0.2) is 18.2 Å². The van der Waals surface area contributed by atoms with Crippen LogP contribution in [-0.2, 0) is 0 Å². The molecule has 0 bridgehead atoms. The molecule has 0 spiro atoms. The van der Waals surface area contributed by atoms with E-state index in [2.05, 4.69) is 10.2 Å². The smallest absolute Gasteiger partial charge is 0.141 e. The average Bonchev–Trinajstić information content (AvgIpc) is 2.53. The van der Waals surface area contributed by atoms with Gasteiger partial charge in [-0.05, 0) is 25.1 Å². The summed E-state index contributed by atoms with van der Waals surface area (Å²) in [5.74, 6) is -0.453. The molecule has 3 nitrogen and oxygen atoms in total. The molecule has 0 aliphatic rings. The zero-order valence-electron chi connectivity index (χ0n) is 8.01. The highest BCUT2D eigenvalue weighted by Crippen LogP contribution is 2.28. The van der Waals surface area contributed by atoms with Crippen molar-refractivity contribution in [2.45, 2.75) is 6.92 Å². The fraction of sp³-hybridized carbons (Fsp3) is 0.100. The number of nitrogen functional groups attached to an aromatic ring is 1. The highest BCUT2D eigenvalue weighted by molar-refractivity contribution is 6.31. The Kier molecular flexibility index (Phi) is 2.36. The summed E-state index contributed by atoms with van der Waals surface area (Å²) in [7, 11) is 0. The van der Waals surface area contributed by atoms with Crippen molar-refractivity contribution in [1.29, 1.82) is 0 Å². The van der Waals surface area contributed by atoms with E-state index in [9.17, 15) is 4.39 Å². The maximum absolute atomic E-state index is 12.9. The Morgan fingerprint density at radius 3 is 2.73 bits per heavy atom. The summed E-state index contributed by atoms with van der Waals surface area (Å²) in [6, 6.07) is 4.39. The van der Waals surface area contributed by atoms with Gasteiger partial charge >= 0.3 is 0 Å². The SMILES string of the molecule is Cc1[nH]nc(-c2ccc(F)c(Cl)c2)c1N. The molecule has 2 rings (SSSR count). The van der Waals surface area contributed by atoms with Crippen molar-refractivity contribution in [3.8, 4) is 11.3 Å². The van der Waals surface area contributed by atoms with E-state index in [1.165, 1.54) is 12.1 Å². The molecule has 0 atom stereocenters. The fourth-order valence-corrected chi connectivity index (χ4v) is 1.48. The Morgan fingerprint density at radius 1 is 1.47 bits per heavy atom. The van der Waals surface area contributed by atoms with Crippen molar-refractivity contribution in [1.82, 2.24) is 10.2 Å². The third-order valence-electron chi connectivity index (χ3n) is 2.19. The van der Waals surface area contributed by atoms with Gasteiger partial charge in [-0.15, -0.1) is 0 Å². The number of aromatic amines is 1. The van der Waals surface area contributed by atoms with Crippen LogP contribution in [0.1, 0.15) is 5.69 Å². The van der Waals surface area contributed by atoms with Crippen LogP contribution in [0, 0.1) is 12.7 Å². The number of halogens is 2. The number of anilines is 1. The molecule has 0 saturated heterocycles. The fourth-order valence-electron chi connectivity index (χ4n) is 1.30. The Labute approximate surface area is 91.1 Å². The van der Waals surface area contributed by atoms with Crippen LogP contribution >= 0.6 is 11.6 Å². The molecule has 78 valence electrons. The van der Waals surface area contributed by atoms with Gasteiger partial charge in [0.2, 0.25) is 0 Å². The summed E-state index contributed by atoms with van der Waals surface area (Å²) in [6.07, 6.45) is 0. The van der Waals surface area contributed by atoms with E-state index < -0.39 is 5.82 Å². The van der Waals surface area contributed by atoms with Crippen LogP contribution in [0.4, 0.5) is 10.1 Å². The average molecular weight is 226 g/mol. The maximum atomic E-state index is 12.9. The van der Waals surface area contributed by atoms with Crippen molar-refractivity contribution in [3.05, 3.63) is 34.7 Å². The van der Waals surface area contributed by atoms with Gasteiger partial charge in [-0.3, -0.25) is 5.10 Å². The summed E-state index contributed by atoms with van der Waals surface area (Å²) >= 11 is 5.67. The van der Waals surface area contributed by atoms with E-state index in [-0.39, 0.29) is 5.02 Å². The molecule has 2 aromatic rings. The first-order chi connectivity index (χ1) is 7.09. The molecule has 0 aliphatic carbocycles. The van der Waals surface area contributed by atoms with Crippen molar-refractivity contribution in [2.75, 3.05) is 5.73 Å². The molecule has 0 amide bonds. The van der Waals surface area contributed by atoms with Gasteiger partial charge in [-0.2, -0.15) is 5.10 Å². The van der Waals surface area contributed by atoms with Gasteiger partial charge in [-0.1, -0.05) is 11.6 Å². The Balaban J connectivity index is 2.55. The minimum absolute atomic E-state index is 0.0625. The van der Waals surface area contributed by atoms with Gasteiger partial charge in [0.15, 0.2) is 0 Å². The van der Waals surface area contributed by atoms with E-state index >= 15 is 0 Å². The lowest BCUT2D eigenvalue weighted by Gasteiger charge is -2.00. The Morgan fingerprint density at radius 2 is 2.20 bits per heavy atom. The normalized spacial score (nSPS) is 10.6. The lowest BCUT2D eigenvalue weighted by Crippen LogP contribution is -1.89. The first-order valence-corrected chi connectivity index (χ1v) is 4.73. The van der Waals surface area contributed by atoms with Gasteiger partial charge in [0, 0.05) is 5.56 Å². The van der Waals surface area contributed by atoms with E-state index in [0.717, 1.165) is 5.69 Å². The molecular weight excluding hydrogens is 217 g/mol. The van der Waals surface area contributed by atoms with Crippen molar-refractivity contribution in [2.24, 2.45) is 0 Å². The molecule has 0 aliphatic heterocycles. The quantitative estimate of drug-likeness (QED) is 0.784. The monoisotopic (exact) mass is 225 g/mol. The predicted molar refractivity (Wildman–Crippen MR) is 58.1 cm³/mol. The van der Waals surface area contributed by atoms with Crippen molar-refractivity contribution >= 4 is 17.3 Å². The minimum Gasteiger partial charge on any atom is -0.395 e. The van der Waals surface area contributed by atoms with Gasteiger partial charge in [-0.25, -0.2) is 4.39 Å². The first-order valence-electron chi connectivity index (χ1n) is 4.35. The largest absolute Gasteiger partial charge is 0.395 e. The molecule has 1 aromatic heterocycles. The van der Waals surface area contributed by atoms with Crippen LogP contribution in [0.3, 0.4) is 0 Å². The third kappa shape index (κ3) is 1.68. The molecular formula is C10H9ClFN3. The van der Waals surface area contributed by atoms with Crippen molar-refractivity contribution in [3.63, 3.8) is 0 Å². The number of nitrogens with zero attached hydrogens (tertiary/aromatic N) is 1. The molecule has 15 heavy (non-hydrogen) atoms. The van der Waals surface area contributed by atoms with Gasteiger partial charge < -0.3 is 5.73 Å². The Bertz CT molecular complexity index is 507. The van der Waals surface area contributed by atoms with Crippen molar-refractivity contribution < 1.29 is 4.39 Å². The predicted octanol–water partition coefficient (Wildman–Crippen LogP) is 2.76. The zero-order valence-corrected chi connectivity index (χ0v) is 8.77. The van der Waals surface area contributed by atoms with E-state index in [0.29, 0.717) is 16.9 Å². The number of H-pyrrole nitrogens is 1. The number of aromatic nitrogens is 2.